The third kappa shape index (κ3) is 2.99. The fourth-order valence-electron chi connectivity index (χ4n) is 0.701. The number of aromatic nitrogens is 2. The van der Waals surface area contributed by atoms with Crippen LogP contribution in [-0.4, -0.2) is 18.5 Å². The fourth-order valence-corrected chi connectivity index (χ4v) is 1.04. The Morgan fingerprint density at radius 1 is 1.75 bits per heavy atom. The topological polar surface area (TPSA) is 55.1 Å². The average Bonchev–Trinajstić information content (AvgIpc) is 2.33. The van der Waals surface area contributed by atoms with Crippen LogP contribution in [0.25, 0.3) is 0 Å². The van der Waals surface area contributed by atoms with E-state index in [1.807, 2.05) is 13.8 Å². The van der Waals surface area contributed by atoms with Gasteiger partial charge < -0.3 is 5.98 Å². The summed E-state index contributed by atoms with van der Waals surface area (Å²) >= 11 is -1.96. The quantitative estimate of drug-likeness (QED) is 0.449. The van der Waals surface area contributed by atoms with Crippen molar-refractivity contribution in [3.8, 4) is 0 Å². The second-order valence-electron chi connectivity index (χ2n) is 2.48. The second kappa shape index (κ2) is 5.14. The summed E-state index contributed by atoms with van der Waals surface area (Å²) in [6.07, 6.45) is 1.69. The smallest absolute Gasteiger partial charge is 1.00 e. The first kappa shape index (κ1) is 12.3. The van der Waals surface area contributed by atoms with Crippen LogP contribution in [0.1, 0.15) is 21.3 Å². The third-order valence-corrected chi connectivity index (χ3v) is 1.87. The molecule has 0 amide bonds. The molecule has 1 rings (SSSR count). The van der Waals surface area contributed by atoms with Crippen molar-refractivity contribution in [3.63, 3.8) is 0 Å². The molecule has 0 saturated carbocycles. The molecule has 0 bridgehead atoms. The summed E-state index contributed by atoms with van der Waals surface area (Å²) in [5.41, 5.74) is 0. The van der Waals surface area contributed by atoms with Crippen LogP contribution in [0.3, 0.4) is 0 Å². The van der Waals surface area contributed by atoms with Gasteiger partial charge in [-0.2, -0.15) is 5.10 Å². The Morgan fingerprint density at radius 2 is 2.33 bits per heavy atom. The molecule has 0 aliphatic carbocycles. The maximum atomic E-state index is 10.5. The van der Waals surface area contributed by atoms with Gasteiger partial charge in [0.15, 0.2) is 5.03 Å². The van der Waals surface area contributed by atoms with E-state index in [1.54, 1.807) is 10.9 Å². The number of nitrogens with zero attached hydrogens (tertiary/aromatic N) is 2. The van der Waals surface area contributed by atoms with Crippen LogP contribution in [0.4, 0.5) is 0 Å². The Balaban J connectivity index is 0. The molecule has 0 aromatic carbocycles. The van der Waals surface area contributed by atoms with E-state index in [1.165, 1.54) is 6.07 Å². The molecule has 0 fully saturated rings. The standard InChI is InChI=1S/C6H10N2O2S.Na.H/c1-5(2)8-4-3-6(7-8)11(9)10;;/h3-5H,1-2H3,(H,9,10);;/q;+1;-1. The first-order valence-electron chi connectivity index (χ1n) is 3.27. The second-order valence-corrected chi connectivity index (χ2v) is 3.39. The zero-order valence-electron chi connectivity index (χ0n) is 8.39. The van der Waals surface area contributed by atoms with Crippen LogP contribution >= 0.6 is 0 Å². The molecule has 1 unspecified atom stereocenters. The molecular weight excluding hydrogens is 187 g/mol. The fraction of sp³-hybridized carbons (Fsp3) is 0.500. The van der Waals surface area contributed by atoms with Crippen molar-refractivity contribution in [2.45, 2.75) is 24.9 Å². The maximum absolute atomic E-state index is 10.5. The van der Waals surface area contributed by atoms with Gasteiger partial charge >= 0.3 is 29.6 Å². The molecular formula is C6H11N2NaO2S. The number of hydrogen-bond donors (Lipinski definition) is 1. The summed E-state index contributed by atoms with van der Waals surface area (Å²) in [4.78, 5) is 0. The first-order chi connectivity index (χ1) is 5.11. The monoisotopic (exact) mass is 198 g/mol. The van der Waals surface area contributed by atoms with Gasteiger partial charge in [0.25, 0.3) is 0 Å². The third-order valence-electron chi connectivity index (χ3n) is 1.29. The molecule has 0 aliphatic rings. The van der Waals surface area contributed by atoms with Gasteiger partial charge in [-0.15, -0.1) is 0 Å². The molecule has 64 valence electrons. The molecule has 6 heteroatoms. The Kier molecular flexibility index (Phi) is 5.27. The van der Waals surface area contributed by atoms with Crippen molar-refractivity contribution in [1.29, 1.82) is 0 Å². The molecule has 1 aromatic rings. The Labute approximate surface area is 97.4 Å². The van der Waals surface area contributed by atoms with Crippen LogP contribution in [0.5, 0.6) is 0 Å². The zero-order valence-corrected chi connectivity index (χ0v) is 10.2. The van der Waals surface area contributed by atoms with Gasteiger partial charge in [0.1, 0.15) is 0 Å². The van der Waals surface area contributed by atoms with Crippen molar-refractivity contribution < 1.29 is 39.7 Å². The van der Waals surface area contributed by atoms with Crippen molar-refractivity contribution in [3.05, 3.63) is 12.3 Å². The molecule has 1 aromatic heterocycles. The predicted molar refractivity (Wildman–Crippen MR) is 42.8 cm³/mol. The zero-order chi connectivity index (χ0) is 8.43. The largest absolute Gasteiger partial charge is 1.00 e. The van der Waals surface area contributed by atoms with Crippen LogP contribution in [0, 0.1) is 0 Å². The molecule has 0 saturated heterocycles. The van der Waals surface area contributed by atoms with E-state index >= 15 is 0 Å². The van der Waals surface area contributed by atoms with Gasteiger partial charge in [0, 0.05) is 12.2 Å². The van der Waals surface area contributed by atoms with E-state index in [9.17, 15) is 4.21 Å². The van der Waals surface area contributed by atoms with Crippen molar-refractivity contribution in [2.24, 2.45) is 0 Å². The van der Waals surface area contributed by atoms with Crippen LogP contribution < -0.4 is 29.6 Å². The van der Waals surface area contributed by atoms with Crippen LogP contribution in [0.15, 0.2) is 17.3 Å². The van der Waals surface area contributed by atoms with E-state index in [-0.39, 0.29) is 42.1 Å². The molecule has 12 heavy (non-hydrogen) atoms. The Bertz CT molecular complexity index is 279. The normalized spacial score (nSPS) is 12.7. The summed E-state index contributed by atoms with van der Waals surface area (Å²) < 4.78 is 20.7. The summed E-state index contributed by atoms with van der Waals surface area (Å²) in [6, 6.07) is 1.77. The van der Waals surface area contributed by atoms with E-state index in [0.717, 1.165) is 0 Å². The summed E-state index contributed by atoms with van der Waals surface area (Å²) in [5, 5.41) is 4.08. The van der Waals surface area contributed by atoms with Crippen molar-refractivity contribution in [1.82, 2.24) is 9.78 Å². The number of hydrogen-bond acceptors (Lipinski definition) is 2. The van der Waals surface area contributed by atoms with E-state index < -0.39 is 11.1 Å². The van der Waals surface area contributed by atoms with Gasteiger partial charge in [0.2, 0.25) is 11.1 Å². The van der Waals surface area contributed by atoms with E-state index in [4.69, 9.17) is 4.55 Å². The average molecular weight is 198 g/mol. The summed E-state index contributed by atoms with van der Waals surface area (Å²) in [5.74, 6) is 0. The minimum absolute atomic E-state index is 0. The first-order valence-corrected chi connectivity index (χ1v) is 4.38. The summed E-state index contributed by atoms with van der Waals surface area (Å²) in [7, 11) is 0. The Hall–Kier alpha value is 0.320. The molecule has 1 heterocycles. The SMILES string of the molecule is CC(C)n1ccc(S(=O)O)n1.[H-].[Na+]. The summed E-state index contributed by atoms with van der Waals surface area (Å²) in [6.45, 7) is 3.91. The van der Waals surface area contributed by atoms with Gasteiger partial charge in [-0.1, -0.05) is 0 Å². The molecule has 0 radical (unpaired) electrons. The van der Waals surface area contributed by atoms with Gasteiger partial charge in [-0.05, 0) is 19.9 Å². The van der Waals surface area contributed by atoms with E-state index in [2.05, 4.69) is 5.10 Å². The molecule has 4 nitrogen and oxygen atoms in total. The van der Waals surface area contributed by atoms with Gasteiger partial charge in [-0.25, -0.2) is 4.21 Å². The molecule has 1 N–H and O–H groups in total. The maximum Gasteiger partial charge on any atom is 1.00 e. The van der Waals surface area contributed by atoms with Crippen molar-refractivity contribution in [2.75, 3.05) is 0 Å². The van der Waals surface area contributed by atoms with Crippen molar-refractivity contribution >= 4 is 11.1 Å². The minimum atomic E-state index is -1.96. The van der Waals surface area contributed by atoms with Crippen LogP contribution in [0.2, 0.25) is 0 Å². The van der Waals surface area contributed by atoms with Gasteiger partial charge in [0.05, 0.1) is 0 Å². The van der Waals surface area contributed by atoms with Crippen LogP contribution in [-0.2, 0) is 11.1 Å². The van der Waals surface area contributed by atoms with E-state index in [0.29, 0.717) is 0 Å². The Morgan fingerprint density at radius 3 is 2.58 bits per heavy atom. The predicted octanol–water partition coefficient (Wildman–Crippen LogP) is -1.84. The van der Waals surface area contributed by atoms with Gasteiger partial charge in [-0.3, -0.25) is 4.68 Å². The number of rotatable bonds is 2. The minimum Gasteiger partial charge on any atom is -1.00 e. The molecule has 1 atom stereocenters. The molecule has 0 spiro atoms. The molecule has 0 aliphatic heterocycles.